The third-order valence-corrected chi connectivity index (χ3v) is 6.65. The van der Waals surface area contributed by atoms with Crippen LogP contribution in [0.25, 0.3) is 6.08 Å². The molecule has 0 aliphatic carbocycles. The molecule has 1 fully saturated rings. The summed E-state index contributed by atoms with van der Waals surface area (Å²) in [5.74, 6) is 1.15. The zero-order valence-corrected chi connectivity index (χ0v) is 20.4. The van der Waals surface area contributed by atoms with Crippen LogP contribution >= 0.6 is 35.6 Å². The zero-order valence-electron chi connectivity index (χ0n) is 18.0. The summed E-state index contributed by atoms with van der Waals surface area (Å²) in [4.78, 5) is 15.2. The fourth-order valence-electron chi connectivity index (χ4n) is 3.31. The molecule has 0 bridgehead atoms. The molecule has 1 amide bonds. The molecule has 0 saturated carbocycles. The molecule has 33 heavy (non-hydrogen) atoms. The van der Waals surface area contributed by atoms with E-state index in [1.807, 2.05) is 72.8 Å². The van der Waals surface area contributed by atoms with Gasteiger partial charge in [0.25, 0.3) is 5.91 Å². The molecule has 4 rings (SSSR count). The quantitative estimate of drug-likeness (QED) is 0.196. The van der Waals surface area contributed by atoms with Crippen molar-refractivity contribution < 1.29 is 14.3 Å². The largest absolute Gasteiger partial charge is 0.489 e. The molecular formula is C26H22ClNO3S2. The van der Waals surface area contributed by atoms with E-state index in [4.69, 9.17) is 33.3 Å². The van der Waals surface area contributed by atoms with E-state index in [2.05, 4.69) is 6.92 Å². The van der Waals surface area contributed by atoms with E-state index in [0.29, 0.717) is 39.0 Å². The van der Waals surface area contributed by atoms with Crippen LogP contribution in [0, 0.1) is 0 Å². The van der Waals surface area contributed by atoms with Gasteiger partial charge >= 0.3 is 0 Å². The van der Waals surface area contributed by atoms with Crippen LogP contribution in [-0.2, 0) is 11.2 Å². The first-order valence-corrected chi connectivity index (χ1v) is 12.1. The number of thioether (sulfide) groups is 1. The average Bonchev–Trinajstić information content (AvgIpc) is 3.11. The highest BCUT2D eigenvalue weighted by molar-refractivity contribution is 8.27. The maximum absolute atomic E-state index is 13.1. The van der Waals surface area contributed by atoms with Crippen LogP contribution < -0.4 is 14.4 Å². The van der Waals surface area contributed by atoms with Crippen molar-refractivity contribution >= 4 is 57.6 Å². The lowest BCUT2D eigenvalue weighted by Crippen LogP contribution is -2.27. The van der Waals surface area contributed by atoms with Crippen LogP contribution in [0.5, 0.6) is 11.5 Å². The number of ether oxygens (including phenoxy) is 2. The summed E-state index contributed by atoms with van der Waals surface area (Å²) < 4.78 is 12.1. The molecule has 3 aromatic carbocycles. The summed E-state index contributed by atoms with van der Waals surface area (Å²) in [6.45, 7) is 2.77. The number of carbonyl (C=O) groups excluding carboxylic acids is 1. The van der Waals surface area contributed by atoms with Crippen molar-refractivity contribution in [1.82, 2.24) is 0 Å². The molecule has 0 atom stereocenters. The van der Waals surface area contributed by atoms with Crippen LogP contribution in [0.3, 0.4) is 0 Å². The van der Waals surface area contributed by atoms with Crippen LogP contribution in [0.4, 0.5) is 5.69 Å². The molecule has 0 unspecified atom stereocenters. The number of nitrogens with zero attached hydrogens (tertiary/aromatic N) is 1. The monoisotopic (exact) mass is 495 g/mol. The fraction of sp³-hybridized carbons (Fsp3) is 0.154. The molecule has 0 N–H and O–H groups in total. The summed E-state index contributed by atoms with van der Waals surface area (Å²) in [6.07, 6.45) is 2.77. The highest BCUT2D eigenvalue weighted by atomic mass is 35.5. The standard InChI is InChI=1S/C26H22ClNO3S2/c1-2-18-11-13-20(14-12-18)28-25(29)24(33-26(28)32)17-19-7-3-5-9-22(19)30-15-16-31-23-10-6-4-8-21(23)27/h3-14,17H,2,15-16H2,1H3. The van der Waals surface area contributed by atoms with Gasteiger partial charge in [0.2, 0.25) is 0 Å². The lowest BCUT2D eigenvalue weighted by atomic mass is 10.1. The summed E-state index contributed by atoms with van der Waals surface area (Å²) in [5, 5.41) is 0.560. The van der Waals surface area contributed by atoms with Crippen LogP contribution in [0.15, 0.2) is 77.7 Å². The second-order valence-electron chi connectivity index (χ2n) is 7.20. The van der Waals surface area contributed by atoms with Crippen molar-refractivity contribution in [3.63, 3.8) is 0 Å². The van der Waals surface area contributed by atoms with E-state index in [9.17, 15) is 4.79 Å². The number of halogens is 1. The number of aryl methyl sites for hydroxylation is 1. The van der Waals surface area contributed by atoms with Gasteiger partial charge in [0.15, 0.2) is 4.32 Å². The van der Waals surface area contributed by atoms with Crippen molar-refractivity contribution in [3.05, 3.63) is 93.9 Å². The van der Waals surface area contributed by atoms with Crippen LogP contribution in [-0.4, -0.2) is 23.4 Å². The number of para-hydroxylation sites is 2. The summed E-state index contributed by atoms with van der Waals surface area (Å²) in [7, 11) is 0. The lowest BCUT2D eigenvalue weighted by Gasteiger charge is -2.15. The summed E-state index contributed by atoms with van der Waals surface area (Å²) in [5.41, 5.74) is 2.79. The number of hydrogen-bond acceptors (Lipinski definition) is 5. The molecule has 0 spiro atoms. The first-order chi connectivity index (χ1) is 16.1. The summed E-state index contributed by atoms with van der Waals surface area (Å²) in [6, 6.07) is 22.8. The van der Waals surface area contributed by atoms with Crippen LogP contribution in [0.1, 0.15) is 18.1 Å². The number of hydrogen-bond donors (Lipinski definition) is 0. The second kappa shape index (κ2) is 10.9. The highest BCUT2D eigenvalue weighted by Gasteiger charge is 2.33. The van der Waals surface area contributed by atoms with Crippen molar-refractivity contribution in [3.8, 4) is 11.5 Å². The van der Waals surface area contributed by atoms with E-state index >= 15 is 0 Å². The van der Waals surface area contributed by atoms with E-state index in [-0.39, 0.29) is 5.91 Å². The van der Waals surface area contributed by atoms with E-state index in [1.165, 1.54) is 17.3 Å². The van der Waals surface area contributed by atoms with Crippen molar-refractivity contribution in [2.45, 2.75) is 13.3 Å². The maximum atomic E-state index is 13.1. The van der Waals surface area contributed by atoms with Crippen LogP contribution in [0.2, 0.25) is 5.02 Å². The fourth-order valence-corrected chi connectivity index (χ4v) is 4.79. The Hall–Kier alpha value is -2.80. The molecule has 0 aromatic heterocycles. The SMILES string of the molecule is CCc1ccc(N2C(=O)C(=Cc3ccccc3OCCOc3ccccc3Cl)SC2=S)cc1. The number of benzene rings is 3. The molecule has 3 aromatic rings. The first-order valence-electron chi connectivity index (χ1n) is 10.5. The van der Waals surface area contributed by atoms with Gasteiger partial charge in [-0.15, -0.1) is 0 Å². The zero-order chi connectivity index (χ0) is 23.2. The van der Waals surface area contributed by atoms with Gasteiger partial charge in [0.1, 0.15) is 24.7 Å². The second-order valence-corrected chi connectivity index (χ2v) is 9.29. The third-order valence-electron chi connectivity index (χ3n) is 5.04. The van der Waals surface area contributed by atoms with E-state index in [1.54, 1.807) is 11.0 Å². The normalized spacial score (nSPS) is 14.7. The molecule has 1 aliphatic rings. The number of thiocarbonyl (C=S) groups is 1. The van der Waals surface area contributed by atoms with Gasteiger partial charge in [0, 0.05) is 5.56 Å². The van der Waals surface area contributed by atoms with Gasteiger partial charge in [-0.25, -0.2) is 0 Å². The predicted octanol–water partition coefficient (Wildman–Crippen LogP) is 6.77. The third kappa shape index (κ3) is 5.58. The van der Waals surface area contributed by atoms with Crippen molar-refractivity contribution in [1.29, 1.82) is 0 Å². The Morgan fingerprint density at radius 1 is 0.939 bits per heavy atom. The van der Waals surface area contributed by atoms with Gasteiger partial charge in [-0.2, -0.15) is 0 Å². The Labute approximate surface area is 208 Å². The highest BCUT2D eigenvalue weighted by Crippen LogP contribution is 2.37. The minimum Gasteiger partial charge on any atom is -0.489 e. The van der Waals surface area contributed by atoms with Crippen molar-refractivity contribution in [2.75, 3.05) is 18.1 Å². The molecular weight excluding hydrogens is 474 g/mol. The van der Waals surface area contributed by atoms with Gasteiger partial charge in [-0.1, -0.05) is 85.0 Å². The number of amides is 1. The topological polar surface area (TPSA) is 38.8 Å². The van der Waals surface area contributed by atoms with E-state index in [0.717, 1.165) is 17.7 Å². The molecule has 1 saturated heterocycles. The molecule has 1 heterocycles. The smallest absolute Gasteiger partial charge is 0.270 e. The lowest BCUT2D eigenvalue weighted by molar-refractivity contribution is -0.113. The van der Waals surface area contributed by atoms with Gasteiger partial charge < -0.3 is 9.47 Å². The van der Waals surface area contributed by atoms with Gasteiger partial charge in [-0.3, -0.25) is 9.69 Å². The number of carbonyl (C=O) groups is 1. The molecule has 7 heteroatoms. The Kier molecular flexibility index (Phi) is 7.70. The minimum atomic E-state index is -0.133. The molecule has 168 valence electrons. The Morgan fingerprint density at radius 3 is 2.27 bits per heavy atom. The Balaban J connectivity index is 1.45. The minimum absolute atomic E-state index is 0.133. The number of rotatable bonds is 8. The average molecular weight is 496 g/mol. The maximum Gasteiger partial charge on any atom is 0.270 e. The molecule has 0 radical (unpaired) electrons. The predicted molar refractivity (Wildman–Crippen MR) is 140 cm³/mol. The summed E-state index contributed by atoms with van der Waals surface area (Å²) >= 11 is 12.9. The first kappa shape index (κ1) is 23.4. The Bertz CT molecular complexity index is 1190. The number of anilines is 1. The van der Waals surface area contributed by atoms with Crippen molar-refractivity contribution in [2.24, 2.45) is 0 Å². The Morgan fingerprint density at radius 2 is 1.58 bits per heavy atom. The molecule has 4 nitrogen and oxygen atoms in total. The van der Waals surface area contributed by atoms with Gasteiger partial charge in [-0.05, 0) is 48.4 Å². The molecule has 1 aliphatic heterocycles. The van der Waals surface area contributed by atoms with Gasteiger partial charge in [0.05, 0.1) is 15.6 Å². The van der Waals surface area contributed by atoms with E-state index < -0.39 is 0 Å².